The van der Waals surface area contributed by atoms with Gasteiger partial charge in [0.25, 0.3) is 5.82 Å². The Bertz CT molecular complexity index is 804. The van der Waals surface area contributed by atoms with E-state index in [1.165, 1.54) is 0 Å². The molecular weight excluding hydrogens is 366 g/mol. The van der Waals surface area contributed by atoms with Crippen molar-refractivity contribution in [3.05, 3.63) is 22.4 Å². The first-order valence-corrected chi connectivity index (χ1v) is 10.7. The van der Waals surface area contributed by atoms with E-state index in [2.05, 4.69) is 49.0 Å². The van der Waals surface area contributed by atoms with Crippen LogP contribution in [0.5, 0.6) is 0 Å². The molecule has 2 aliphatic rings. The zero-order valence-electron chi connectivity index (χ0n) is 18.4. The van der Waals surface area contributed by atoms with Gasteiger partial charge < -0.3 is 15.0 Å². The Kier molecular flexibility index (Phi) is 6.33. The van der Waals surface area contributed by atoms with E-state index in [1.807, 2.05) is 11.8 Å². The molecule has 1 aromatic rings. The summed E-state index contributed by atoms with van der Waals surface area (Å²) in [5, 5.41) is 13.0. The quantitative estimate of drug-likeness (QED) is 0.842. The van der Waals surface area contributed by atoms with Crippen molar-refractivity contribution in [1.82, 2.24) is 10.2 Å². The zero-order valence-corrected chi connectivity index (χ0v) is 18.4. The number of nitrogens with one attached hydrogen (secondary N) is 2. The van der Waals surface area contributed by atoms with Gasteiger partial charge in [0, 0.05) is 24.4 Å². The molecule has 3 heterocycles. The highest BCUT2D eigenvalue weighted by Gasteiger charge is 2.37. The van der Waals surface area contributed by atoms with Gasteiger partial charge in [0.1, 0.15) is 30.4 Å². The van der Waals surface area contributed by atoms with Crippen LogP contribution in [-0.4, -0.2) is 49.3 Å². The van der Waals surface area contributed by atoms with Gasteiger partial charge in [-0.25, -0.2) is 9.78 Å². The van der Waals surface area contributed by atoms with E-state index in [1.54, 1.807) is 0 Å². The molecule has 0 aromatic carbocycles. The van der Waals surface area contributed by atoms with E-state index in [4.69, 9.17) is 4.74 Å². The second-order valence-electron chi connectivity index (χ2n) is 8.92. The van der Waals surface area contributed by atoms with Crippen LogP contribution in [0, 0.1) is 11.3 Å². The number of carbonyl (C=O) groups is 1. The Labute approximate surface area is 174 Å². The maximum Gasteiger partial charge on any atom is 0.317 e. The molecule has 2 N–H and O–H groups in total. The minimum Gasteiger partial charge on any atom is -0.370 e. The predicted octanol–water partition coefficient (Wildman–Crippen LogP) is 2.59. The number of H-pyrrole nitrogens is 1. The summed E-state index contributed by atoms with van der Waals surface area (Å²) in [4.78, 5) is 19.9. The lowest BCUT2D eigenvalue weighted by molar-refractivity contribution is -0.381. The molecule has 0 bridgehead atoms. The second-order valence-corrected chi connectivity index (χ2v) is 8.92. The van der Waals surface area contributed by atoms with Gasteiger partial charge in [0.2, 0.25) is 0 Å². The SMILES string of the molecule is CCCNC(=O)N1CCN(c2[nH+]c(C(C)C)c3c(c2C#N)CC(C)(C)OC3)CC1. The number of pyridine rings is 1. The number of nitriles is 1. The summed E-state index contributed by atoms with van der Waals surface area (Å²) in [5.74, 6) is 1.20. The number of hydrogen-bond donors (Lipinski definition) is 1. The minimum atomic E-state index is -0.276. The first kappa shape index (κ1) is 21.4. The number of amides is 2. The van der Waals surface area contributed by atoms with E-state index in [0.717, 1.165) is 41.0 Å². The number of hydrogen-bond acceptors (Lipinski definition) is 4. The molecule has 0 spiro atoms. The van der Waals surface area contributed by atoms with Gasteiger partial charge in [-0.1, -0.05) is 20.8 Å². The lowest BCUT2D eigenvalue weighted by atomic mass is 9.86. The van der Waals surface area contributed by atoms with E-state index >= 15 is 0 Å². The van der Waals surface area contributed by atoms with Gasteiger partial charge in [0.05, 0.1) is 25.3 Å². The van der Waals surface area contributed by atoms with Crippen LogP contribution in [0.2, 0.25) is 0 Å². The number of aromatic nitrogens is 1. The van der Waals surface area contributed by atoms with Gasteiger partial charge in [-0.05, 0) is 25.8 Å². The fourth-order valence-corrected chi connectivity index (χ4v) is 4.15. The van der Waals surface area contributed by atoms with Crippen molar-refractivity contribution in [3.8, 4) is 6.07 Å². The number of carbonyl (C=O) groups excluding carboxylic acids is 1. The lowest BCUT2D eigenvalue weighted by Gasteiger charge is -2.35. The average molecular weight is 401 g/mol. The molecule has 7 nitrogen and oxygen atoms in total. The molecule has 1 fully saturated rings. The molecule has 3 rings (SSSR count). The van der Waals surface area contributed by atoms with Crippen LogP contribution in [0.25, 0.3) is 0 Å². The Hall–Kier alpha value is -2.33. The summed E-state index contributed by atoms with van der Waals surface area (Å²) < 4.78 is 6.05. The maximum absolute atomic E-state index is 12.3. The number of urea groups is 1. The minimum absolute atomic E-state index is 0.00296. The van der Waals surface area contributed by atoms with Crippen molar-refractivity contribution >= 4 is 11.8 Å². The number of rotatable bonds is 4. The topological polar surface area (TPSA) is 82.7 Å². The van der Waals surface area contributed by atoms with Gasteiger partial charge in [-0.15, -0.1) is 0 Å². The van der Waals surface area contributed by atoms with Gasteiger partial charge in [0.15, 0.2) is 0 Å². The van der Waals surface area contributed by atoms with Crippen molar-refractivity contribution in [2.75, 3.05) is 37.6 Å². The summed E-state index contributed by atoms with van der Waals surface area (Å²) in [6.45, 7) is 14.5. The van der Waals surface area contributed by atoms with E-state index in [0.29, 0.717) is 45.2 Å². The van der Waals surface area contributed by atoms with E-state index < -0.39 is 0 Å². The molecule has 2 amide bonds. The lowest BCUT2D eigenvalue weighted by Crippen LogP contribution is -2.53. The summed E-state index contributed by atoms with van der Waals surface area (Å²) >= 11 is 0. The van der Waals surface area contributed by atoms with Crippen molar-refractivity contribution < 1.29 is 14.5 Å². The third-order valence-electron chi connectivity index (χ3n) is 5.79. The van der Waals surface area contributed by atoms with Crippen LogP contribution in [0.1, 0.15) is 69.3 Å². The summed E-state index contributed by atoms with van der Waals surface area (Å²) in [6, 6.07) is 2.47. The molecule has 1 aromatic heterocycles. The molecule has 7 heteroatoms. The number of ether oxygens (including phenoxy) is 1. The predicted molar refractivity (Wildman–Crippen MR) is 112 cm³/mol. The number of aromatic amines is 1. The molecule has 0 unspecified atom stereocenters. The van der Waals surface area contributed by atoms with Crippen LogP contribution in [0.4, 0.5) is 10.6 Å². The standard InChI is InChI=1S/C22H33N5O2/c1-6-7-24-21(28)27-10-8-26(9-11-27)20-17(13-23)16-12-22(4,5)29-14-18(16)19(25-20)15(2)3/h15H,6-12,14H2,1-5H3,(H,24,28)/p+1. The van der Waals surface area contributed by atoms with Crippen LogP contribution < -0.4 is 15.2 Å². The second kappa shape index (κ2) is 8.58. The van der Waals surface area contributed by atoms with Crippen molar-refractivity contribution in [1.29, 1.82) is 5.26 Å². The molecular formula is C22H34N5O2+. The van der Waals surface area contributed by atoms with Crippen LogP contribution in [-0.2, 0) is 17.8 Å². The Morgan fingerprint density at radius 1 is 1.28 bits per heavy atom. The fraction of sp³-hybridized carbons (Fsp3) is 0.682. The number of piperazine rings is 1. The molecule has 2 aliphatic heterocycles. The number of nitrogens with zero attached hydrogens (tertiary/aromatic N) is 3. The van der Waals surface area contributed by atoms with Crippen molar-refractivity contribution in [2.45, 2.75) is 65.6 Å². The monoisotopic (exact) mass is 400 g/mol. The zero-order chi connectivity index (χ0) is 21.2. The Morgan fingerprint density at radius 2 is 1.97 bits per heavy atom. The van der Waals surface area contributed by atoms with Crippen LogP contribution in [0.3, 0.4) is 0 Å². The normalized spacial score (nSPS) is 18.4. The first-order chi connectivity index (χ1) is 13.8. The highest BCUT2D eigenvalue weighted by molar-refractivity contribution is 5.74. The van der Waals surface area contributed by atoms with Gasteiger partial charge in [-0.3, -0.25) is 4.90 Å². The molecule has 0 atom stereocenters. The summed E-state index contributed by atoms with van der Waals surface area (Å²) in [5.41, 5.74) is 3.85. The highest BCUT2D eigenvalue weighted by atomic mass is 16.5. The third kappa shape index (κ3) is 4.48. The number of fused-ring (bicyclic) bond motifs is 1. The fourth-order valence-electron chi connectivity index (χ4n) is 4.15. The van der Waals surface area contributed by atoms with E-state index in [-0.39, 0.29) is 11.6 Å². The average Bonchev–Trinajstić information content (AvgIpc) is 2.70. The molecule has 158 valence electrons. The molecule has 29 heavy (non-hydrogen) atoms. The molecule has 1 saturated heterocycles. The molecule has 0 saturated carbocycles. The van der Waals surface area contributed by atoms with E-state index in [9.17, 15) is 10.1 Å². The van der Waals surface area contributed by atoms with Gasteiger partial charge >= 0.3 is 6.03 Å². The number of anilines is 1. The summed E-state index contributed by atoms with van der Waals surface area (Å²) in [6.07, 6.45) is 1.66. The Balaban J connectivity index is 1.89. The largest absolute Gasteiger partial charge is 0.370 e. The Morgan fingerprint density at radius 3 is 2.55 bits per heavy atom. The first-order valence-electron chi connectivity index (χ1n) is 10.7. The maximum atomic E-state index is 12.3. The van der Waals surface area contributed by atoms with Crippen molar-refractivity contribution in [2.24, 2.45) is 0 Å². The van der Waals surface area contributed by atoms with Gasteiger partial charge in [-0.2, -0.15) is 5.26 Å². The summed E-state index contributed by atoms with van der Waals surface area (Å²) in [7, 11) is 0. The highest BCUT2D eigenvalue weighted by Crippen LogP contribution is 2.35. The van der Waals surface area contributed by atoms with Crippen molar-refractivity contribution in [3.63, 3.8) is 0 Å². The molecule has 0 aliphatic carbocycles. The molecule has 0 radical (unpaired) electrons. The van der Waals surface area contributed by atoms with Crippen LogP contribution >= 0.6 is 0 Å². The van der Waals surface area contributed by atoms with Crippen LogP contribution in [0.15, 0.2) is 0 Å². The smallest absolute Gasteiger partial charge is 0.317 e. The third-order valence-corrected chi connectivity index (χ3v) is 5.79.